The van der Waals surface area contributed by atoms with Crippen molar-refractivity contribution in [3.8, 4) is 0 Å². The van der Waals surface area contributed by atoms with Crippen molar-refractivity contribution >= 4 is 17.5 Å². The predicted octanol–water partition coefficient (Wildman–Crippen LogP) is 3.86. The SMILES string of the molecule is NCCCCNC(=O)[C@H]1CC(Cc2cccnc2)=C[C@H]1c1cccc(Cl)c1. The molecule has 2 atom stereocenters. The molecular formula is C22H26ClN3O. The van der Waals surface area contributed by atoms with Crippen molar-refractivity contribution in [3.05, 3.63) is 76.6 Å². The van der Waals surface area contributed by atoms with Gasteiger partial charge in [-0.1, -0.05) is 41.4 Å². The molecule has 4 nitrogen and oxygen atoms in total. The van der Waals surface area contributed by atoms with Crippen molar-refractivity contribution < 1.29 is 4.79 Å². The van der Waals surface area contributed by atoms with Crippen LogP contribution in [0.15, 0.2) is 60.4 Å². The predicted molar refractivity (Wildman–Crippen MR) is 110 cm³/mol. The van der Waals surface area contributed by atoms with Gasteiger partial charge >= 0.3 is 0 Å². The molecule has 0 aliphatic heterocycles. The molecule has 0 fully saturated rings. The van der Waals surface area contributed by atoms with Crippen molar-refractivity contribution in [2.24, 2.45) is 11.7 Å². The van der Waals surface area contributed by atoms with Crippen LogP contribution in [0.2, 0.25) is 5.02 Å². The highest BCUT2D eigenvalue weighted by Gasteiger charge is 2.34. The van der Waals surface area contributed by atoms with Crippen LogP contribution in [-0.2, 0) is 11.2 Å². The van der Waals surface area contributed by atoms with Crippen LogP contribution in [-0.4, -0.2) is 24.0 Å². The summed E-state index contributed by atoms with van der Waals surface area (Å²) >= 11 is 6.19. The lowest BCUT2D eigenvalue weighted by molar-refractivity contribution is -0.125. The van der Waals surface area contributed by atoms with E-state index in [9.17, 15) is 4.79 Å². The second-order valence-electron chi connectivity index (χ2n) is 7.04. The number of unbranched alkanes of at least 4 members (excludes halogenated alkanes) is 1. The van der Waals surface area contributed by atoms with Gasteiger partial charge in [0.2, 0.25) is 5.91 Å². The van der Waals surface area contributed by atoms with Crippen LogP contribution < -0.4 is 11.1 Å². The van der Waals surface area contributed by atoms with Crippen LogP contribution >= 0.6 is 11.6 Å². The van der Waals surface area contributed by atoms with Gasteiger partial charge in [0, 0.05) is 29.9 Å². The van der Waals surface area contributed by atoms with E-state index in [1.807, 2.05) is 30.5 Å². The Morgan fingerprint density at radius 1 is 1.26 bits per heavy atom. The number of halogens is 1. The van der Waals surface area contributed by atoms with Crippen molar-refractivity contribution in [1.82, 2.24) is 10.3 Å². The summed E-state index contributed by atoms with van der Waals surface area (Å²) in [5.74, 6) is 0.0485. The molecule has 1 aromatic heterocycles. The average Bonchev–Trinajstić information content (AvgIpc) is 3.10. The van der Waals surface area contributed by atoms with Crippen LogP contribution in [0.5, 0.6) is 0 Å². The van der Waals surface area contributed by atoms with Gasteiger partial charge in [0.15, 0.2) is 0 Å². The summed E-state index contributed by atoms with van der Waals surface area (Å²) in [6.45, 7) is 1.33. The number of nitrogens with two attached hydrogens (primary N) is 1. The number of nitrogens with zero attached hydrogens (tertiary/aromatic N) is 1. The number of aromatic nitrogens is 1. The number of carbonyl (C=O) groups excluding carboxylic acids is 1. The van der Waals surface area contributed by atoms with Crippen LogP contribution in [0.3, 0.4) is 0 Å². The van der Waals surface area contributed by atoms with Crippen LogP contribution in [0, 0.1) is 5.92 Å². The molecule has 27 heavy (non-hydrogen) atoms. The number of hydrogen-bond acceptors (Lipinski definition) is 3. The minimum absolute atomic E-state index is 0.0462. The number of allylic oxidation sites excluding steroid dienone is 2. The number of pyridine rings is 1. The molecule has 1 heterocycles. The van der Waals surface area contributed by atoms with E-state index in [1.165, 1.54) is 5.57 Å². The van der Waals surface area contributed by atoms with Crippen LogP contribution in [0.25, 0.3) is 0 Å². The first-order valence-corrected chi connectivity index (χ1v) is 9.87. The van der Waals surface area contributed by atoms with E-state index in [4.69, 9.17) is 17.3 Å². The highest BCUT2D eigenvalue weighted by molar-refractivity contribution is 6.30. The van der Waals surface area contributed by atoms with Gasteiger partial charge in [-0.3, -0.25) is 9.78 Å². The molecule has 0 saturated carbocycles. The molecule has 0 bridgehead atoms. The third-order valence-corrected chi connectivity index (χ3v) is 5.22. The molecule has 5 heteroatoms. The van der Waals surface area contributed by atoms with Gasteiger partial charge in [0.1, 0.15) is 0 Å². The number of carbonyl (C=O) groups is 1. The first-order chi connectivity index (χ1) is 13.2. The van der Waals surface area contributed by atoms with Crippen LogP contribution in [0.4, 0.5) is 0 Å². The second kappa shape index (κ2) is 9.67. The Bertz CT molecular complexity index is 791. The van der Waals surface area contributed by atoms with Gasteiger partial charge in [0.25, 0.3) is 0 Å². The van der Waals surface area contributed by atoms with Crippen LogP contribution in [0.1, 0.15) is 36.3 Å². The fourth-order valence-corrected chi connectivity index (χ4v) is 3.85. The third kappa shape index (κ3) is 5.41. The minimum Gasteiger partial charge on any atom is -0.356 e. The van der Waals surface area contributed by atoms with E-state index < -0.39 is 0 Å². The summed E-state index contributed by atoms with van der Waals surface area (Å²) in [4.78, 5) is 17.0. The molecule has 2 aromatic rings. The number of benzene rings is 1. The highest BCUT2D eigenvalue weighted by Crippen LogP contribution is 2.40. The Hall–Kier alpha value is -2.17. The lowest BCUT2D eigenvalue weighted by atomic mass is 9.88. The topological polar surface area (TPSA) is 68.0 Å². The Morgan fingerprint density at radius 3 is 2.89 bits per heavy atom. The fourth-order valence-electron chi connectivity index (χ4n) is 3.65. The van der Waals surface area contributed by atoms with Gasteiger partial charge < -0.3 is 11.1 Å². The molecule has 0 spiro atoms. The molecule has 1 amide bonds. The van der Waals surface area contributed by atoms with E-state index in [0.29, 0.717) is 18.1 Å². The van der Waals surface area contributed by atoms with E-state index in [0.717, 1.165) is 36.8 Å². The zero-order chi connectivity index (χ0) is 19.1. The molecule has 1 aliphatic rings. The van der Waals surface area contributed by atoms with Crippen molar-refractivity contribution in [3.63, 3.8) is 0 Å². The zero-order valence-corrected chi connectivity index (χ0v) is 16.2. The zero-order valence-electron chi connectivity index (χ0n) is 15.4. The number of rotatable bonds is 8. The summed E-state index contributed by atoms with van der Waals surface area (Å²) in [6.07, 6.45) is 9.31. The number of nitrogens with one attached hydrogen (secondary N) is 1. The molecule has 0 unspecified atom stereocenters. The molecule has 3 N–H and O–H groups in total. The summed E-state index contributed by atoms with van der Waals surface area (Å²) in [7, 11) is 0. The maximum absolute atomic E-state index is 12.9. The second-order valence-corrected chi connectivity index (χ2v) is 7.48. The first-order valence-electron chi connectivity index (χ1n) is 9.49. The lowest BCUT2D eigenvalue weighted by Crippen LogP contribution is -2.33. The Morgan fingerprint density at radius 2 is 2.15 bits per heavy atom. The van der Waals surface area contributed by atoms with Crippen molar-refractivity contribution in [1.29, 1.82) is 0 Å². The smallest absolute Gasteiger partial charge is 0.224 e. The quantitative estimate of drug-likeness (QED) is 0.537. The summed E-state index contributed by atoms with van der Waals surface area (Å²) in [5, 5.41) is 3.78. The summed E-state index contributed by atoms with van der Waals surface area (Å²) in [5.41, 5.74) is 9.06. The molecular weight excluding hydrogens is 358 g/mol. The standard InChI is InChI=1S/C22H26ClN3O/c23-19-7-3-6-18(14-19)20-12-17(11-16-5-4-9-25-15-16)13-21(20)22(27)26-10-2-1-8-24/h3-7,9,12,14-15,20-21H,1-2,8,10-11,13,24H2,(H,26,27)/t20-,21-/m0/s1. The number of amides is 1. The largest absolute Gasteiger partial charge is 0.356 e. The average molecular weight is 384 g/mol. The van der Waals surface area contributed by atoms with E-state index in [-0.39, 0.29) is 17.7 Å². The maximum atomic E-state index is 12.9. The van der Waals surface area contributed by atoms with Gasteiger partial charge in [-0.05, 0) is 61.6 Å². The van der Waals surface area contributed by atoms with Gasteiger partial charge in [-0.15, -0.1) is 0 Å². The van der Waals surface area contributed by atoms with E-state index in [2.05, 4.69) is 28.5 Å². The Labute approximate surface area is 165 Å². The molecule has 1 aliphatic carbocycles. The minimum atomic E-state index is -0.104. The van der Waals surface area contributed by atoms with Crippen molar-refractivity contribution in [2.45, 2.75) is 31.6 Å². The van der Waals surface area contributed by atoms with E-state index in [1.54, 1.807) is 6.20 Å². The Balaban J connectivity index is 1.76. The summed E-state index contributed by atoms with van der Waals surface area (Å²) < 4.78 is 0. The normalized spacial score (nSPS) is 19.0. The highest BCUT2D eigenvalue weighted by atomic mass is 35.5. The lowest BCUT2D eigenvalue weighted by Gasteiger charge is -2.19. The molecule has 3 rings (SSSR count). The van der Waals surface area contributed by atoms with Crippen molar-refractivity contribution in [2.75, 3.05) is 13.1 Å². The first kappa shape index (κ1) is 19.6. The molecule has 0 saturated heterocycles. The van der Waals surface area contributed by atoms with Gasteiger partial charge in [0.05, 0.1) is 5.92 Å². The third-order valence-electron chi connectivity index (χ3n) is 4.99. The molecule has 142 valence electrons. The molecule has 0 radical (unpaired) electrons. The van der Waals surface area contributed by atoms with Gasteiger partial charge in [-0.25, -0.2) is 0 Å². The number of hydrogen-bond donors (Lipinski definition) is 2. The van der Waals surface area contributed by atoms with E-state index >= 15 is 0 Å². The molecule has 1 aromatic carbocycles. The maximum Gasteiger partial charge on any atom is 0.224 e. The summed E-state index contributed by atoms with van der Waals surface area (Å²) in [6, 6.07) is 11.8. The fraction of sp³-hybridized carbons (Fsp3) is 0.364. The van der Waals surface area contributed by atoms with Gasteiger partial charge in [-0.2, -0.15) is 0 Å². The monoisotopic (exact) mass is 383 g/mol. The Kier molecular flexibility index (Phi) is 7.02.